The molecule has 1 aromatic heterocycles. The van der Waals surface area contributed by atoms with Crippen LogP contribution in [0.4, 0.5) is 10.1 Å². The van der Waals surface area contributed by atoms with E-state index in [0.717, 1.165) is 57.5 Å². The lowest BCUT2D eigenvalue weighted by atomic mass is 9.95. The van der Waals surface area contributed by atoms with E-state index < -0.39 is 6.17 Å². The van der Waals surface area contributed by atoms with Gasteiger partial charge in [-0.05, 0) is 50.3 Å². The molecule has 1 N–H and O–H groups in total. The monoisotopic (exact) mass is 334 g/mol. The highest BCUT2D eigenvalue weighted by molar-refractivity contribution is 5.92. The number of likely N-dealkylation sites (tertiary alicyclic amines) is 1. The molecule has 1 unspecified atom stereocenters. The van der Waals surface area contributed by atoms with Gasteiger partial charge in [0.1, 0.15) is 11.9 Å². The summed E-state index contributed by atoms with van der Waals surface area (Å²) in [6.07, 6.45) is 5.12. The molecule has 0 saturated carbocycles. The van der Waals surface area contributed by atoms with Crippen LogP contribution < -0.4 is 10.2 Å². The van der Waals surface area contributed by atoms with Crippen LogP contribution in [0.5, 0.6) is 0 Å². The topological polar surface area (TPSA) is 48.5 Å². The van der Waals surface area contributed by atoms with Crippen molar-refractivity contribution in [3.8, 4) is 0 Å². The molecule has 1 aromatic rings. The Balaban J connectivity index is 1.48. The zero-order chi connectivity index (χ0) is 16.9. The molecule has 6 heteroatoms. The van der Waals surface area contributed by atoms with Crippen LogP contribution in [0.3, 0.4) is 0 Å². The van der Waals surface area contributed by atoms with Crippen LogP contribution in [0.2, 0.25) is 0 Å². The van der Waals surface area contributed by atoms with Gasteiger partial charge in [-0.3, -0.25) is 4.79 Å². The Bertz CT molecular complexity index is 542. The van der Waals surface area contributed by atoms with Gasteiger partial charge in [-0.1, -0.05) is 0 Å². The Morgan fingerprint density at radius 2 is 2.08 bits per heavy atom. The van der Waals surface area contributed by atoms with E-state index in [9.17, 15) is 9.18 Å². The zero-order valence-electron chi connectivity index (χ0n) is 14.4. The Hall–Kier alpha value is -1.69. The highest BCUT2D eigenvalue weighted by Crippen LogP contribution is 2.25. The van der Waals surface area contributed by atoms with Crippen molar-refractivity contribution in [2.75, 3.05) is 44.7 Å². The first kappa shape index (κ1) is 17.1. The predicted octanol–water partition coefficient (Wildman–Crippen LogP) is 2.09. The molecular formula is C18H27FN4O. The summed E-state index contributed by atoms with van der Waals surface area (Å²) in [6.45, 7) is 4.69. The number of pyridine rings is 1. The molecular weight excluding hydrogens is 307 g/mol. The molecule has 2 aliphatic rings. The quantitative estimate of drug-likeness (QED) is 0.916. The fourth-order valence-electron chi connectivity index (χ4n) is 3.74. The van der Waals surface area contributed by atoms with E-state index in [-0.39, 0.29) is 5.91 Å². The number of halogens is 1. The lowest BCUT2D eigenvalue weighted by Gasteiger charge is -2.37. The van der Waals surface area contributed by atoms with Crippen LogP contribution in [0, 0.1) is 5.92 Å². The largest absolute Gasteiger partial charge is 0.370 e. The maximum Gasteiger partial charge on any atom is 0.269 e. The number of aromatic nitrogens is 1. The summed E-state index contributed by atoms with van der Waals surface area (Å²) in [5.74, 6) is 0.498. The minimum Gasteiger partial charge on any atom is -0.370 e. The Morgan fingerprint density at radius 3 is 2.71 bits per heavy atom. The summed E-state index contributed by atoms with van der Waals surface area (Å²) in [4.78, 5) is 20.4. The third-order valence-electron chi connectivity index (χ3n) is 5.15. The third-order valence-corrected chi connectivity index (χ3v) is 5.15. The van der Waals surface area contributed by atoms with Crippen LogP contribution in [-0.4, -0.2) is 61.7 Å². The molecule has 2 fully saturated rings. The lowest BCUT2D eigenvalue weighted by Crippen LogP contribution is -2.43. The number of carbonyl (C=O) groups excluding carboxylic acids is 1. The minimum absolute atomic E-state index is 0.159. The van der Waals surface area contributed by atoms with Crippen LogP contribution in [0.25, 0.3) is 0 Å². The molecule has 5 nitrogen and oxygen atoms in total. The molecule has 1 atom stereocenters. The Labute approximate surface area is 143 Å². The smallest absolute Gasteiger partial charge is 0.269 e. The Morgan fingerprint density at radius 1 is 1.29 bits per heavy atom. The molecule has 0 spiro atoms. The second-order valence-electron chi connectivity index (χ2n) is 6.91. The van der Waals surface area contributed by atoms with Gasteiger partial charge in [0, 0.05) is 33.2 Å². The first-order valence-electron chi connectivity index (χ1n) is 8.95. The van der Waals surface area contributed by atoms with E-state index >= 15 is 0 Å². The number of nitrogens with zero attached hydrogens (tertiary/aromatic N) is 3. The Kier molecular flexibility index (Phi) is 5.66. The fraction of sp³-hybridized carbons (Fsp3) is 0.667. The summed E-state index contributed by atoms with van der Waals surface area (Å²) >= 11 is 0. The second kappa shape index (κ2) is 7.92. The van der Waals surface area contributed by atoms with Gasteiger partial charge in [-0.15, -0.1) is 0 Å². The van der Waals surface area contributed by atoms with Gasteiger partial charge in [-0.2, -0.15) is 0 Å². The van der Waals surface area contributed by atoms with Crippen molar-refractivity contribution in [3.05, 3.63) is 24.0 Å². The number of nitrogens with one attached hydrogen (secondary N) is 1. The van der Waals surface area contributed by atoms with Crippen molar-refractivity contribution in [3.63, 3.8) is 0 Å². The molecule has 24 heavy (non-hydrogen) atoms. The van der Waals surface area contributed by atoms with E-state index in [0.29, 0.717) is 18.2 Å². The lowest BCUT2D eigenvalue weighted by molar-refractivity contribution is 0.0958. The summed E-state index contributed by atoms with van der Waals surface area (Å²) in [5.41, 5.74) is 1.52. The van der Waals surface area contributed by atoms with Crippen molar-refractivity contribution in [1.29, 1.82) is 0 Å². The van der Waals surface area contributed by atoms with Gasteiger partial charge >= 0.3 is 0 Å². The molecule has 0 aromatic carbocycles. The van der Waals surface area contributed by atoms with E-state index in [4.69, 9.17) is 0 Å². The molecule has 1 amide bonds. The second-order valence-corrected chi connectivity index (χ2v) is 6.91. The van der Waals surface area contributed by atoms with Crippen LogP contribution in [0.15, 0.2) is 18.3 Å². The van der Waals surface area contributed by atoms with Gasteiger partial charge in [0.05, 0.1) is 11.9 Å². The maximum absolute atomic E-state index is 13.5. The number of hydrogen-bond donors (Lipinski definition) is 1. The van der Waals surface area contributed by atoms with Gasteiger partial charge in [-0.25, -0.2) is 9.37 Å². The first-order chi connectivity index (χ1) is 11.7. The van der Waals surface area contributed by atoms with Crippen molar-refractivity contribution in [1.82, 2.24) is 15.2 Å². The van der Waals surface area contributed by atoms with Gasteiger partial charge in [0.15, 0.2) is 0 Å². The number of carbonyl (C=O) groups is 1. The van der Waals surface area contributed by atoms with E-state index in [1.807, 2.05) is 6.07 Å². The molecule has 3 rings (SSSR count). The van der Waals surface area contributed by atoms with Crippen LogP contribution >= 0.6 is 0 Å². The van der Waals surface area contributed by atoms with Crippen LogP contribution in [0.1, 0.15) is 36.2 Å². The van der Waals surface area contributed by atoms with E-state index in [1.165, 1.54) is 0 Å². The van der Waals surface area contributed by atoms with Crippen molar-refractivity contribution < 1.29 is 9.18 Å². The summed E-state index contributed by atoms with van der Waals surface area (Å²) < 4.78 is 13.5. The molecule has 132 valence electrons. The van der Waals surface area contributed by atoms with E-state index in [1.54, 1.807) is 19.3 Å². The fourth-order valence-corrected chi connectivity index (χ4v) is 3.74. The van der Waals surface area contributed by atoms with E-state index in [2.05, 4.69) is 20.1 Å². The molecule has 0 radical (unpaired) electrons. The molecule has 2 saturated heterocycles. The van der Waals surface area contributed by atoms with Gasteiger partial charge in [0.25, 0.3) is 5.91 Å². The number of rotatable bonds is 4. The van der Waals surface area contributed by atoms with Crippen molar-refractivity contribution >= 4 is 11.6 Å². The number of hydrogen-bond acceptors (Lipinski definition) is 4. The first-order valence-corrected chi connectivity index (χ1v) is 8.95. The van der Waals surface area contributed by atoms with Crippen molar-refractivity contribution in [2.24, 2.45) is 5.92 Å². The molecule has 2 aliphatic heterocycles. The highest BCUT2D eigenvalue weighted by Gasteiger charge is 2.25. The molecule has 0 aliphatic carbocycles. The standard InChI is InChI=1S/C18H27FN4O/c1-20-18(24)17-5-4-16(11-21-17)23-9-6-14(7-10-23)12-22-8-2-3-15(19)13-22/h4-5,11,14-15H,2-3,6-10,12-13H2,1H3,(H,20,24). The number of anilines is 1. The third kappa shape index (κ3) is 4.23. The summed E-state index contributed by atoms with van der Waals surface area (Å²) in [5, 5.41) is 2.58. The highest BCUT2D eigenvalue weighted by atomic mass is 19.1. The minimum atomic E-state index is -0.635. The predicted molar refractivity (Wildman–Crippen MR) is 93.1 cm³/mol. The molecule has 3 heterocycles. The number of alkyl halides is 1. The normalized spacial score (nSPS) is 23.2. The van der Waals surface area contributed by atoms with Gasteiger partial charge in [0.2, 0.25) is 0 Å². The summed E-state index contributed by atoms with van der Waals surface area (Å²) in [6, 6.07) is 3.74. The van der Waals surface area contributed by atoms with Gasteiger partial charge < -0.3 is 15.1 Å². The van der Waals surface area contributed by atoms with Crippen molar-refractivity contribution in [2.45, 2.75) is 31.9 Å². The summed E-state index contributed by atoms with van der Waals surface area (Å²) in [7, 11) is 1.61. The maximum atomic E-state index is 13.5. The SMILES string of the molecule is CNC(=O)c1ccc(N2CCC(CN3CCCC(F)C3)CC2)cn1. The molecule has 0 bridgehead atoms. The van der Waals surface area contributed by atoms with Crippen LogP contribution in [-0.2, 0) is 0 Å². The zero-order valence-corrected chi connectivity index (χ0v) is 14.4. The number of amides is 1. The average molecular weight is 334 g/mol. The average Bonchev–Trinajstić information content (AvgIpc) is 2.62. The number of piperidine rings is 2.